The van der Waals surface area contributed by atoms with Crippen molar-refractivity contribution in [2.75, 3.05) is 11.1 Å². The summed E-state index contributed by atoms with van der Waals surface area (Å²) in [5.74, 6) is -0.329. The Hall–Kier alpha value is -2.66. The number of nitrogens with one attached hydrogen (secondary N) is 1. The molecule has 2 aromatic heterocycles. The van der Waals surface area contributed by atoms with E-state index >= 15 is 0 Å². The van der Waals surface area contributed by atoms with Crippen molar-refractivity contribution >= 4 is 39.8 Å². The van der Waals surface area contributed by atoms with E-state index in [2.05, 4.69) is 15.3 Å². The van der Waals surface area contributed by atoms with Crippen LogP contribution >= 0.6 is 11.6 Å². The Morgan fingerprint density at radius 3 is 2.76 bits per heavy atom. The molecule has 0 aliphatic carbocycles. The number of benzene rings is 1. The van der Waals surface area contributed by atoms with Gasteiger partial charge in [-0.1, -0.05) is 11.6 Å². The van der Waals surface area contributed by atoms with Crippen LogP contribution in [0.4, 0.5) is 11.4 Å². The van der Waals surface area contributed by atoms with Gasteiger partial charge in [0.1, 0.15) is 5.69 Å². The number of rotatable bonds is 2. The second-order valence-corrected chi connectivity index (χ2v) is 4.83. The number of hydrogen-bond donors (Lipinski definition) is 2. The van der Waals surface area contributed by atoms with Crippen molar-refractivity contribution in [1.29, 1.82) is 0 Å². The largest absolute Gasteiger partial charge is 0.397 e. The highest BCUT2D eigenvalue weighted by Crippen LogP contribution is 2.28. The van der Waals surface area contributed by atoms with E-state index in [4.69, 9.17) is 17.3 Å². The molecule has 104 valence electrons. The van der Waals surface area contributed by atoms with Crippen LogP contribution in [0.15, 0.2) is 48.8 Å². The average Bonchev–Trinajstić information content (AvgIpc) is 2.51. The summed E-state index contributed by atoms with van der Waals surface area (Å²) in [6.45, 7) is 0. The smallest absolute Gasteiger partial charge is 0.274 e. The molecule has 2 heterocycles. The number of carbonyl (C=O) groups excluding carboxylic acids is 1. The lowest BCUT2D eigenvalue weighted by molar-refractivity contribution is 0.102. The van der Waals surface area contributed by atoms with E-state index in [1.165, 1.54) is 6.20 Å². The van der Waals surface area contributed by atoms with Gasteiger partial charge >= 0.3 is 0 Å². The molecular formula is C15H11ClN4O. The minimum Gasteiger partial charge on any atom is -0.397 e. The van der Waals surface area contributed by atoms with Crippen molar-refractivity contribution in [2.45, 2.75) is 0 Å². The molecule has 3 rings (SSSR count). The SMILES string of the molecule is Nc1ccc(C(=O)Nc2ccc(Cl)c3cccnc23)nc1. The quantitative estimate of drug-likeness (QED) is 0.761. The molecule has 0 atom stereocenters. The van der Waals surface area contributed by atoms with Crippen molar-refractivity contribution in [1.82, 2.24) is 9.97 Å². The Morgan fingerprint density at radius 2 is 2.00 bits per heavy atom. The lowest BCUT2D eigenvalue weighted by Crippen LogP contribution is -2.14. The molecular weight excluding hydrogens is 288 g/mol. The predicted octanol–water partition coefficient (Wildman–Crippen LogP) is 3.12. The third-order valence-corrected chi connectivity index (χ3v) is 3.31. The maximum atomic E-state index is 12.2. The van der Waals surface area contributed by atoms with Crippen LogP contribution in [0.2, 0.25) is 5.02 Å². The molecule has 3 N–H and O–H groups in total. The standard InChI is InChI=1S/C15H11ClN4O/c16-11-4-6-12(14-10(11)2-1-7-18-14)20-15(21)13-5-3-9(17)8-19-13/h1-8H,17H2,(H,20,21). The molecule has 6 heteroatoms. The van der Waals surface area contributed by atoms with E-state index in [1.54, 1.807) is 36.5 Å². The molecule has 1 aromatic carbocycles. The second kappa shape index (κ2) is 5.38. The van der Waals surface area contributed by atoms with Crippen molar-refractivity contribution in [3.63, 3.8) is 0 Å². The van der Waals surface area contributed by atoms with Gasteiger partial charge in [0.05, 0.1) is 28.1 Å². The molecule has 0 radical (unpaired) electrons. The molecule has 0 fully saturated rings. The molecule has 0 aliphatic rings. The van der Waals surface area contributed by atoms with E-state index < -0.39 is 0 Å². The topological polar surface area (TPSA) is 80.9 Å². The van der Waals surface area contributed by atoms with Gasteiger partial charge in [-0.05, 0) is 36.4 Å². The molecule has 1 amide bonds. The van der Waals surface area contributed by atoms with Crippen LogP contribution in [0.1, 0.15) is 10.5 Å². The van der Waals surface area contributed by atoms with Gasteiger partial charge in [0, 0.05) is 11.6 Å². The highest BCUT2D eigenvalue weighted by atomic mass is 35.5. The summed E-state index contributed by atoms with van der Waals surface area (Å²) in [6, 6.07) is 10.3. The third-order valence-electron chi connectivity index (χ3n) is 2.98. The van der Waals surface area contributed by atoms with Gasteiger partial charge in [0.2, 0.25) is 0 Å². The molecule has 0 spiro atoms. The fraction of sp³-hybridized carbons (Fsp3) is 0. The number of nitrogen functional groups attached to an aromatic ring is 1. The number of carbonyl (C=O) groups is 1. The monoisotopic (exact) mass is 298 g/mol. The van der Waals surface area contributed by atoms with E-state index in [0.717, 1.165) is 5.39 Å². The Balaban J connectivity index is 1.97. The minimum atomic E-state index is -0.329. The Bertz CT molecular complexity index is 818. The normalized spacial score (nSPS) is 10.5. The first kappa shape index (κ1) is 13.3. The van der Waals surface area contributed by atoms with Gasteiger partial charge in [-0.2, -0.15) is 0 Å². The molecule has 0 bridgehead atoms. The van der Waals surface area contributed by atoms with Gasteiger partial charge in [-0.25, -0.2) is 4.98 Å². The highest BCUT2D eigenvalue weighted by molar-refractivity contribution is 6.36. The van der Waals surface area contributed by atoms with E-state index in [9.17, 15) is 4.79 Å². The Morgan fingerprint density at radius 1 is 1.14 bits per heavy atom. The summed E-state index contributed by atoms with van der Waals surface area (Å²) in [4.78, 5) is 20.4. The first-order valence-corrected chi connectivity index (χ1v) is 6.59. The molecule has 0 saturated carbocycles. The van der Waals surface area contributed by atoms with Crippen LogP contribution in [0.3, 0.4) is 0 Å². The van der Waals surface area contributed by atoms with E-state index in [1.807, 2.05) is 6.07 Å². The summed E-state index contributed by atoms with van der Waals surface area (Å²) in [5, 5.41) is 4.15. The molecule has 0 saturated heterocycles. The molecule has 0 unspecified atom stereocenters. The maximum Gasteiger partial charge on any atom is 0.274 e. The van der Waals surface area contributed by atoms with Crippen molar-refractivity contribution in [2.24, 2.45) is 0 Å². The highest BCUT2D eigenvalue weighted by Gasteiger charge is 2.11. The number of anilines is 2. The number of nitrogens with zero attached hydrogens (tertiary/aromatic N) is 2. The van der Waals surface area contributed by atoms with Crippen LogP contribution in [-0.4, -0.2) is 15.9 Å². The Kier molecular flexibility index (Phi) is 3.41. The summed E-state index contributed by atoms with van der Waals surface area (Å²) in [7, 11) is 0. The number of nitrogens with two attached hydrogens (primary N) is 1. The maximum absolute atomic E-state index is 12.2. The van der Waals surface area contributed by atoms with Crippen LogP contribution in [-0.2, 0) is 0 Å². The average molecular weight is 299 g/mol. The second-order valence-electron chi connectivity index (χ2n) is 4.43. The van der Waals surface area contributed by atoms with Gasteiger partial charge in [-0.3, -0.25) is 9.78 Å². The number of amides is 1. The first-order chi connectivity index (χ1) is 10.1. The first-order valence-electron chi connectivity index (χ1n) is 6.21. The molecule has 3 aromatic rings. The van der Waals surface area contributed by atoms with Crippen LogP contribution in [0, 0.1) is 0 Å². The molecule has 0 aliphatic heterocycles. The van der Waals surface area contributed by atoms with Crippen molar-refractivity contribution < 1.29 is 4.79 Å². The van der Waals surface area contributed by atoms with Crippen molar-refractivity contribution in [3.8, 4) is 0 Å². The zero-order chi connectivity index (χ0) is 14.8. The number of aromatic nitrogens is 2. The molecule has 21 heavy (non-hydrogen) atoms. The summed E-state index contributed by atoms with van der Waals surface area (Å²) in [5.41, 5.74) is 7.55. The minimum absolute atomic E-state index is 0.281. The number of hydrogen-bond acceptors (Lipinski definition) is 4. The zero-order valence-electron chi connectivity index (χ0n) is 10.9. The van der Waals surface area contributed by atoms with Crippen molar-refractivity contribution in [3.05, 3.63) is 59.5 Å². The number of halogens is 1. The van der Waals surface area contributed by atoms with Crippen LogP contribution in [0.5, 0.6) is 0 Å². The summed E-state index contributed by atoms with van der Waals surface area (Å²) >= 11 is 6.12. The lowest BCUT2D eigenvalue weighted by Gasteiger charge is -2.08. The fourth-order valence-corrected chi connectivity index (χ4v) is 2.18. The van der Waals surface area contributed by atoms with Gasteiger partial charge in [0.25, 0.3) is 5.91 Å². The zero-order valence-corrected chi connectivity index (χ0v) is 11.6. The van der Waals surface area contributed by atoms with Crippen LogP contribution < -0.4 is 11.1 Å². The fourth-order valence-electron chi connectivity index (χ4n) is 1.96. The summed E-state index contributed by atoms with van der Waals surface area (Å²) in [6.07, 6.45) is 3.09. The summed E-state index contributed by atoms with van der Waals surface area (Å²) < 4.78 is 0. The van der Waals surface area contributed by atoms with E-state index in [-0.39, 0.29) is 11.6 Å². The van der Waals surface area contributed by atoms with Gasteiger partial charge in [-0.15, -0.1) is 0 Å². The number of pyridine rings is 2. The Labute approximate surface area is 125 Å². The van der Waals surface area contributed by atoms with Gasteiger partial charge in [0.15, 0.2) is 0 Å². The predicted molar refractivity (Wildman–Crippen MR) is 83.4 cm³/mol. The number of fused-ring (bicyclic) bond motifs is 1. The van der Waals surface area contributed by atoms with Gasteiger partial charge < -0.3 is 11.1 Å². The molecule has 5 nitrogen and oxygen atoms in total. The third kappa shape index (κ3) is 2.64. The van der Waals surface area contributed by atoms with E-state index in [0.29, 0.717) is 21.9 Å². The lowest BCUT2D eigenvalue weighted by atomic mass is 10.2. The van der Waals surface area contributed by atoms with Crippen LogP contribution in [0.25, 0.3) is 10.9 Å².